The van der Waals surface area contributed by atoms with Crippen molar-refractivity contribution in [3.63, 3.8) is 0 Å². The van der Waals surface area contributed by atoms with Crippen LogP contribution in [-0.4, -0.2) is 36.0 Å². The maximum absolute atomic E-state index is 13.6. The molecule has 5 heteroatoms. The average Bonchev–Trinajstić information content (AvgIpc) is 2.77. The molecule has 4 nitrogen and oxygen atoms in total. The Bertz CT molecular complexity index is 692. The van der Waals surface area contributed by atoms with Gasteiger partial charge in [0.2, 0.25) is 5.91 Å². The van der Waals surface area contributed by atoms with Crippen LogP contribution in [0.3, 0.4) is 0 Å². The first kappa shape index (κ1) is 14.1. The smallest absolute Gasteiger partial charge is 0.221 e. The number of nitrogens with one attached hydrogen (secondary N) is 1. The van der Waals surface area contributed by atoms with Gasteiger partial charge in [0.25, 0.3) is 0 Å². The minimum absolute atomic E-state index is 0.0284. The Morgan fingerprint density at radius 3 is 3.00 bits per heavy atom. The molecule has 0 saturated carbocycles. The minimum atomic E-state index is -0.207. The summed E-state index contributed by atoms with van der Waals surface area (Å²) in [4.78, 5) is 13.8. The number of halogens is 1. The van der Waals surface area contributed by atoms with Crippen molar-refractivity contribution in [3.8, 4) is 0 Å². The fourth-order valence-electron chi connectivity index (χ4n) is 3.15. The zero-order chi connectivity index (χ0) is 15.0. The van der Waals surface area contributed by atoms with E-state index in [2.05, 4.69) is 21.8 Å². The molecule has 0 spiro atoms. The van der Waals surface area contributed by atoms with Gasteiger partial charge in [0.05, 0.1) is 0 Å². The largest absolute Gasteiger partial charge is 0.359 e. The fraction of sp³-hybridized carbons (Fsp3) is 0.438. The van der Waals surface area contributed by atoms with Crippen LogP contribution < -0.4 is 5.32 Å². The number of hydrogen-bond donors (Lipinski definition) is 1. The van der Waals surface area contributed by atoms with Crippen LogP contribution in [0.1, 0.15) is 17.7 Å². The van der Waals surface area contributed by atoms with Crippen molar-refractivity contribution >= 4 is 16.8 Å². The maximum atomic E-state index is 13.6. The van der Waals surface area contributed by atoms with Gasteiger partial charge < -0.3 is 14.8 Å². The topological polar surface area (TPSA) is 37.3 Å². The molecule has 1 aliphatic heterocycles. The van der Waals surface area contributed by atoms with Crippen LogP contribution in [0.15, 0.2) is 18.2 Å². The van der Waals surface area contributed by atoms with Crippen molar-refractivity contribution in [2.45, 2.75) is 25.9 Å². The van der Waals surface area contributed by atoms with E-state index in [9.17, 15) is 9.18 Å². The minimum Gasteiger partial charge on any atom is -0.359 e. The lowest BCUT2D eigenvalue weighted by Crippen LogP contribution is -2.28. The third-order valence-corrected chi connectivity index (χ3v) is 4.25. The predicted octanol–water partition coefficient (Wildman–Crippen LogP) is 1.90. The van der Waals surface area contributed by atoms with E-state index in [0.717, 1.165) is 30.4 Å². The van der Waals surface area contributed by atoms with E-state index < -0.39 is 0 Å². The molecular formula is C16H20FN3O. The number of rotatable bonds is 3. The highest BCUT2D eigenvalue weighted by molar-refractivity contribution is 5.86. The Labute approximate surface area is 123 Å². The molecule has 0 aliphatic carbocycles. The van der Waals surface area contributed by atoms with E-state index in [4.69, 9.17) is 0 Å². The fourth-order valence-corrected chi connectivity index (χ4v) is 3.15. The molecule has 0 fully saturated rings. The summed E-state index contributed by atoms with van der Waals surface area (Å²) in [5.74, 6) is -0.178. The van der Waals surface area contributed by atoms with Crippen LogP contribution in [-0.2, 0) is 24.3 Å². The molecule has 1 aromatic heterocycles. The molecule has 0 bridgehead atoms. The normalized spacial score (nSPS) is 15.2. The predicted molar refractivity (Wildman–Crippen MR) is 80.6 cm³/mol. The number of likely N-dealkylation sites (N-methyl/N-ethyl adjacent to an activating group) is 1. The van der Waals surface area contributed by atoms with E-state index in [-0.39, 0.29) is 11.7 Å². The highest BCUT2D eigenvalue weighted by atomic mass is 19.1. The van der Waals surface area contributed by atoms with E-state index in [1.54, 1.807) is 13.1 Å². The van der Waals surface area contributed by atoms with Crippen LogP contribution in [0, 0.1) is 5.82 Å². The molecule has 2 heterocycles. The van der Waals surface area contributed by atoms with Gasteiger partial charge in [-0.1, -0.05) is 0 Å². The summed E-state index contributed by atoms with van der Waals surface area (Å²) in [6.45, 7) is 2.47. The SMILES string of the molecule is CNC(=O)CCn1c2c(c3cc(F)ccc31)CN(C)CC2. The van der Waals surface area contributed by atoms with Gasteiger partial charge in [-0.15, -0.1) is 0 Å². The Morgan fingerprint density at radius 2 is 2.24 bits per heavy atom. The van der Waals surface area contributed by atoms with Crippen molar-refractivity contribution < 1.29 is 9.18 Å². The van der Waals surface area contributed by atoms with Crippen LogP contribution in [0.25, 0.3) is 10.9 Å². The molecule has 0 atom stereocenters. The first-order chi connectivity index (χ1) is 10.1. The van der Waals surface area contributed by atoms with E-state index in [1.807, 2.05) is 6.07 Å². The molecule has 1 aromatic carbocycles. The molecule has 0 unspecified atom stereocenters. The van der Waals surface area contributed by atoms with E-state index in [0.29, 0.717) is 13.0 Å². The number of carbonyl (C=O) groups excluding carboxylic acids is 1. The summed E-state index contributed by atoms with van der Waals surface area (Å²) in [6.07, 6.45) is 1.38. The van der Waals surface area contributed by atoms with Gasteiger partial charge in [0, 0.05) is 56.1 Å². The number of benzene rings is 1. The number of aromatic nitrogens is 1. The van der Waals surface area contributed by atoms with Gasteiger partial charge in [-0.3, -0.25) is 4.79 Å². The van der Waals surface area contributed by atoms with Crippen LogP contribution in [0.2, 0.25) is 0 Å². The van der Waals surface area contributed by atoms with Crippen molar-refractivity contribution in [2.24, 2.45) is 0 Å². The second-order valence-corrected chi connectivity index (χ2v) is 5.65. The van der Waals surface area contributed by atoms with Crippen molar-refractivity contribution in [2.75, 3.05) is 20.6 Å². The second-order valence-electron chi connectivity index (χ2n) is 5.65. The third-order valence-electron chi connectivity index (χ3n) is 4.25. The number of fused-ring (bicyclic) bond motifs is 3. The highest BCUT2D eigenvalue weighted by Gasteiger charge is 2.22. The molecule has 3 rings (SSSR count). The number of amides is 1. The molecule has 1 amide bonds. The molecule has 1 aliphatic rings. The quantitative estimate of drug-likeness (QED) is 0.937. The van der Waals surface area contributed by atoms with Gasteiger partial charge in [0.15, 0.2) is 0 Å². The molecular weight excluding hydrogens is 269 g/mol. The van der Waals surface area contributed by atoms with Crippen molar-refractivity contribution in [1.29, 1.82) is 0 Å². The lowest BCUT2D eigenvalue weighted by atomic mass is 10.0. The number of aryl methyl sites for hydroxylation is 1. The monoisotopic (exact) mass is 289 g/mol. The van der Waals surface area contributed by atoms with Gasteiger partial charge in [-0.05, 0) is 30.8 Å². The number of carbonyl (C=O) groups is 1. The number of nitrogens with zero attached hydrogens (tertiary/aromatic N) is 2. The summed E-state index contributed by atoms with van der Waals surface area (Å²) < 4.78 is 15.8. The molecule has 0 radical (unpaired) electrons. The van der Waals surface area contributed by atoms with Gasteiger partial charge >= 0.3 is 0 Å². The summed E-state index contributed by atoms with van der Waals surface area (Å²) >= 11 is 0. The molecule has 2 aromatic rings. The zero-order valence-electron chi connectivity index (χ0n) is 12.4. The molecule has 112 valence electrons. The number of hydrogen-bond acceptors (Lipinski definition) is 2. The summed E-state index contributed by atoms with van der Waals surface area (Å²) in [5, 5.41) is 3.63. The lowest BCUT2D eigenvalue weighted by Gasteiger charge is -2.24. The summed E-state index contributed by atoms with van der Waals surface area (Å²) in [5.41, 5.74) is 3.48. The average molecular weight is 289 g/mol. The maximum Gasteiger partial charge on any atom is 0.221 e. The molecule has 21 heavy (non-hydrogen) atoms. The van der Waals surface area contributed by atoms with Gasteiger partial charge in [0.1, 0.15) is 5.82 Å². The van der Waals surface area contributed by atoms with Gasteiger partial charge in [-0.2, -0.15) is 0 Å². The molecule has 1 N–H and O–H groups in total. The summed E-state index contributed by atoms with van der Waals surface area (Å²) in [7, 11) is 3.73. The van der Waals surface area contributed by atoms with Crippen LogP contribution >= 0.6 is 0 Å². The first-order valence-electron chi connectivity index (χ1n) is 7.28. The van der Waals surface area contributed by atoms with Crippen LogP contribution in [0.4, 0.5) is 4.39 Å². The van der Waals surface area contributed by atoms with E-state index in [1.165, 1.54) is 17.3 Å². The highest BCUT2D eigenvalue weighted by Crippen LogP contribution is 2.31. The summed E-state index contributed by atoms with van der Waals surface area (Å²) in [6, 6.07) is 4.93. The standard InChI is InChI=1S/C16H20FN3O/c1-18-16(21)6-8-20-14-4-3-11(17)9-12(14)13-10-19(2)7-5-15(13)20/h3-4,9H,5-8,10H2,1-2H3,(H,18,21). The zero-order valence-corrected chi connectivity index (χ0v) is 12.4. The molecule has 0 saturated heterocycles. The Morgan fingerprint density at radius 1 is 1.43 bits per heavy atom. The third kappa shape index (κ3) is 2.53. The van der Waals surface area contributed by atoms with Crippen LogP contribution in [0.5, 0.6) is 0 Å². The van der Waals surface area contributed by atoms with Crippen molar-refractivity contribution in [3.05, 3.63) is 35.3 Å². The second kappa shape index (κ2) is 5.48. The Hall–Kier alpha value is -1.88. The lowest BCUT2D eigenvalue weighted by molar-refractivity contribution is -0.120. The Kier molecular flexibility index (Phi) is 3.68. The van der Waals surface area contributed by atoms with Gasteiger partial charge in [-0.25, -0.2) is 4.39 Å². The Balaban J connectivity index is 2.08. The first-order valence-corrected chi connectivity index (χ1v) is 7.28. The van der Waals surface area contributed by atoms with E-state index >= 15 is 0 Å². The van der Waals surface area contributed by atoms with Crippen molar-refractivity contribution in [1.82, 2.24) is 14.8 Å².